The molecule has 0 radical (unpaired) electrons. The van der Waals surface area contributed by atoms with E-state index in [1.54, 1.807) is 6.20 Å². The van der Waals surface area contributed by atoms with Gasteiger partial charge in [-0.2, -0.15) is 0 Å². The number of hydrogen-bond acceptors (Lipinski definition) is 2. The Morgan fingerprint density at radius 3 is 2.89 bits per heavy atom. The Morgan fingerprint density at radius 2 is 2.11 bits per heavy atom. The minimum atomic E-state index is 0.108. The molecule has 0 atom stereocenters. The number of pyridine rings is 1. The van der Waals surface area contributed by atoms with E-state index < -0.39 is 0 Å². The summed E-state index contributed by atoms with van der Waals surface area (Å²) in [6.07, 6.45) is 3.17. The van der Waals surface area contributed by atoms with Crippen molar-refractivity contribution in [2.75, 3.05) is 5.32 Å². The summed E-state index contributed by atoms with van der Waals surface area (Å²) in [6, 6.07) is 10.1. The van der Waals surface area contributed by atoms with Crippen LogP contribution in [0.1, 0.15) is 17.5 Å². The first kappa shape index (κ1) is 11.0. The van der Waals surface area contributed by atoms with Gasteiger partial charge in [-0.3, -0.25) is 9.78 Å². The normalized spacial score (nSPS) is 13.9. The molecule has 1 amide bonds. The molecule has 3 nitrogen and oxygen atoms in total. The molecule has 2 aromatic rings. The van der Waals surface area contributed by atoms with Gasteiger partial charge in [0, 0.05) is 23.9 Å². The lowest BCUT2D eigenvalue weighted by Crippen LogP contribution is -2.19. The Hall–Kier alpha value is -2.16. The molecular formula is C15H14N2O. The van der Waals surface area contributed by atoms with Gasteiger partial charge in [0.15, 0.2) is 0 Å². The van der Waals surface area contributed by atoms with E-state index in [-0.39, 0.29) is 5.91 Å². The van der Waals surface area contributed by atoms with Crippen LogP contribution in [0.4, 0.5) is 5.69 Å². The number of amides is 1. The molecule has 90 valence electrons. The van der Waals surface area contributed by atoms with Gasteiger partial charge in [-0.1, -0.05) is 6.07 Å². The molecule has 1 aliphatic heterocycles. The monoisotopic (exact) mass is 238 g/mol. The number of rotatable bonds is 1. The number of nitrogens with zero attached hydrogens (tertiary/aromatic N) is 1. The highest BCUT2D eigenvalue weighted by Crippen LogP contribution is 2.31. The summed E-state index contributed by atoms with van der Waals surface area (Å²) in [5.74, 6) is 0.108. The first-order chi connectivity index (χ1) is 8.74. The summed E-state index contributed by atoms with van der Waals surface area (Å²) < 4.78 is 0. The van der Waals surface area contributed by atoms with Crippen molar-refractivity contribution in [3.63, 3.8) is 0 Å². The van der Waals surface area contributed by atoms with Gasteiger partial charge >= 0.3 is 0 Å². The molecule has 3 heteroatoms. The Labute approximate surface area is 106 Å². The van der Waals surface area contributed by atoms with Crippen molar-refractivity contribution in [2.24, 2.45) is 0 Å². The van der Waals surface area contributed by atoms with E-state index in [4.69, 9.17) is 0 Å². The van der Waals surface area contributed by atoms with E-state index in [0.717, 1.165) is 28.9 Å². The number of benzene rings is 1. The Kier molecular flexibility index (Phi) is 2.59. The number of nitrogens with one attached hydrogen (secondary N) is 1. The third-order valence-electron chi connectivity index (χ3n) is 3.26. The van der Waals surface area contributed by atoms with E-state index in [1.165, 1.54) is 5.56 Å². The van der Waals surface area contributed by atoms with Gasteiger partial charge in [-0.15, -0.1) is 0 Å². The van der Waals surface area contributed by atoms with Gasteiger partial charge in [0.2, 0.25) is 5.91 Å². The SMILES string of the molecule is Cc1cc(-c2ccccn2)cc2c1NC(=O)CC2. The van der Waals surface area contributed by atoms with Gasteiger partial charge in [0.05, 0.1) is 5.69 Å². The van der Waals surface area contributed by atoms with Crippen LogP contribution in [0.3, 0.4) is 0 Å². The molecule has 1 N–H and O–H groups in total. The van der Waals surface area contributed by atoms with Crippen LogP contribution < -0.4 is 5.32 Å². The second-order valence-corrected chi connectivity index (χ2v) is 4.59. The lowest BCUT2D eigenvalue weighted by molar-refractivity contribution is -0.116. The van der Waals surface area contributed by atoms with Gasteiger partial charge in [0.1, 0.15) is 0 Å². The topological polar surface area (TPSA) is 42.0 Å². The minimum Gasteiger partial charge on any atom is -0.326 e. The Morgan fingerprint density at radius 1 is 1.22 bits per heavy atom. The second-order valence-electron chi connectivity index (χ2n) is 4.59. The number of aryl methyl sites for hydroxylation is 2. The minimum absolute atomic E-state index is 0.108. The largest absolute Gasteiger partial charge is 0.326 e. The summed E-state index contributed by atoms with van der Waals surface area (Å²) in [7, 11) is 0. The second kappa shape index (κ2) is 4.26. The lowest BCUT2D eigenvalue weighted by Gasteiger charge is -2.20. The summed E-state index contributed by atoms with van der Waals surface area (Å²) in [5, 5.41) is 2.95. The summed E-state index contributed by atoms with van der Waals surface area (Å²) in [6.45, 7) is 2.02. The fourth-order valence-electron chi connectivity index (χ4n) is 2.37. The number of aromatic nitrogens is 1. The molecule has 0 fully saturated rings. The van der Waals surface area contributed by atoms with Gasteiger partial charge < -0.3 is 5.32 Å². The number of fused-ring (bicyclic) bond motifs is 1. The number of carbonyl (C=O) groups is 1. The summed E-state index contributed by atoms with van der Waals surface area (Å²) >= 11 is 0. The molecule has 0 spiro atoms. The zero-order chi connectivity index (χ0) is 12.5. The smallest absolute Gasteiger partial charge is 0.224 e. The lowest BCUT2D eigenvalue weighted by atomic mass is 9.95. The van der Waals surface area contributed by atoms with Crippen LogP contribution in [0, 0.1) is 6.92 Å². The van der Waals surface area contributed by atoms with E-state index >= 15 is 0 Å². The van der Waals surface area contributed by atoms with E-state index in [2.05, 4.69) is 22.4 Å². The summed E-state index contributed by atoms with van der Waals surface area (Å²) in [5.41, 5.74) is 5.37. The maximum absolute atomic E-state index is 11.4. The molecule has 0 aliphatic carbocycles. The molecule has 0 bridgehead atoms. The Balaban J connectivity index is 2.10. The predicted octanol–water partition coefficient (Wildman–Crippen LogP) is 2.94. The van der Waals surface area contributed by atoms with Crippen molar-refractivity contribution in [3.8, 4) is 11.3 Å². The highest BCUT2D eigenvalue weighted by molar-refractivity contribution is 5.95. The van der Waals surface area contributed by atoms with Crippen molar-refractivity contribution in [1.82, 2.24) is 4.98 Å². The van der Waals surface area contributed by atoms with Crippen molar-refractivity contribution in [3.05, 3.63) is 47.7 Å². The van der Waals surface area contributed by atoms with E-state index in [1.807, 2.05) is 25.1 Å². The zero-order valence-corrected chi connectivity index (χ0v) is 10.2. The standard InChI is InChI=1S/C15H14N2O/c1-10-8-12(13-4-2-3-7-16-13)9-11-5-6-14(18)17-15(10)11/h2-4,7-9H,5-6H2,1H3,(H,17,18). The molecule has 1 aliphatic rings. The zero-order valence-electron chi connectivity index (χ0n) is 10.2. The molecule has 1 aromatic heterocycles. The van der Waals surface area contributed by atoms with Crippen LogP contribution in [0.25, 0.3) is 11.3 Å². The average Bonchev–Trinajstić information content (AvgIpc) is 2.40. The molecule has 18 heavy (non-hydrogen) atoms. The molecule has 2 heterocycles. The van der Waals surface area contributed by atoms with E-state index in [9.17, 15) is 4.79 Å². The Bertz CT molecular complexity index is 605. The van der Waals surface area contributed by atoms with Crippen LogP contribution in [-0.4, -0.2) is 10.9 Å². The first-order valence-corrected chi connectivity index (χ1v) is 6.09. The average molecular weight is 238 g/mol. The molecule has 3 rings (SSSR count). The molecule has 0 saturated carbocycles. The van der Waals surface area contributed by atoms with Crippen LogP contribution in [0.15, 0.2) is 36.5 Å². The third-order valence-corrected chi connectivity index (χ3v) is 3.26. The predicted molar refractivity (Wildman–Crippen MR) is 71.4 cm³/mol. The molecule has 0 unspecified atom stereocenters. The maximum Gasteiger partial charge on any atom is 0.224 e. The van der Waals surface area contributed by atoms with Gasteiger partial charge in [-0.05, 0) is 48.7 Å². The van der Waals surface area contributed by atoms with Crippen LogP contribution in [-0.2, 0) is 11.2 Å². The number of anilines is 1. The fourth-order valence-corrected chi connectivity index (χ4v) is 2.37. The van der Waals surface area contributed by atoms with Crippen molar-refractivity contribution < 1.29 is 4.79 Å². The molecule has 1 aromatic carbocycles. The third kappa shape index (κ3) is 1.88. The van der Waals surface area contributed by atoms with E-state index in [0.29, 0.717) is 6.42 Å². The quantitative estimate of drug-likeness (QED) is 0.830. The highest BCUT2D eigenvalue weighted by atomic mass is 16.1. The van der Waals surface area contributed by atoms with Crippen molar-refractivity contribution >= 4 is 11.6 Å². The number of hydrogen-bond donors (Lipinski definition) is 1. The van der Waals surface area contributed by atoms with Gasteiger partial charge in [0.25, 0.3) is 0 Å². The van der Waals surface area contributed by atoms with Crippen molar-refractivity contribution in [2.45, 2.75) is 19.8 Å². The van der Waals surface area contributed by atoms with Crippen LogP contribution in [0.5, 0.6) is 0 Å². The number of carbonyl (C=O) groups excluding carboxylic acids is 1. The molecular weight excluding hydrogens is 224 g/mol. The highest BCUT2D eigenvalue weighted by Gasteiger charge is 2.17. The first-order valence-electron chi connectivity index (χ1n) is 6.09. The maximum atomic E-state index is 11.4. The van der Waals surface area contributed by atoms with Crippen LogP contribution in [0.2, 0.25) is 0 Å². The van der Waals surface area contributed by atoms with Crippen molar-refractivity contribution in [1.29, 1.82) is 0 Å². The summed E-state index contributed by atoms with van der Waals surface area (Å²) in [4.78, 5) is 15.8. The fraction of sp³-hybridized carbons (Fsp3) is 0.200. The van der Waals surface area contributed by atoms with Crippen LogP contribution >= 0.6 is 0 Å². The molecule has 0 saturated heterocycles. The van der Waals surface area contributed by atoms with Gasteiger partial charge in [-0.25, -0.2) is 0 Å².